The average molecular weight is 338 g/mol. The number of aromatic nitrogens is 5. The summed E-state index contributed by atoms with van der Waals surface area (Å²) in [5, 5.41) is 18.9. The molecule has 1 N–H and O–H groups in total. The summed E-state index contributed by atoms with van der Waals surface area (Å²) in [6.45, 7) is 9.94. The van der Waals surface area contributed by atoms with Crippen molar-refractivity contribution in [3.63, 3.8) is 0 Å². The van der Waals surface area contributed by atoms with Crippen molar-refractivity contribution in [2.75, 3.05) is 42.9 Å². The zero-order valence-electron chi connectivity index (χ0n) is 14.6. The molecule has 130 valence electrons. The number of rotatable bonds is 4. The van der Waals surface area contributed by atoms with E-state index in [4.69, 9.17) is 0 Å². The van der Waals surface area contributed by atoms with Crippen LogP contribution >= 0.6 is 0 Å². The van der Waals surface area contributed by atoms with Gasteiger partial charge in [0.05, 0.1) is 0 Å². The Morgan fingerprint density at radius 3 is 2.68 bits per heavy atom. The second-order valence-electron chi connectivity index (χ2n) is 6.29. The lowest BCUT2D eigenvalue weighted by Gasteiger charge is -2.36. The van der Waals surface area contributed by atoms with Gasteiger partial charge in [-0.15, -0.1) is 14.8 Å². The molecule has 0 aliphatic carbocycles. The van der Waals surface area contributed by atoms with E-state index in [9.17, 15) is 0 Å². The number of fused-ring (bicyclic) bond motifs is 1. The van der Waals surface area contributed by atoms with Crippen molar-refractivity contribution in [3.8, 4) is 0 Å². The zero-order valence-corrected chi connectivity index (χ0v) is 14.6. The molecule has 0 radical (unpaired) electrons. The van der Waals surface area contributed by atoms with Crippen LogP contribution in [0.25, 0.3) is 5.65 Å². The van der Waals surface area contributed by atoms with Gasteiger partial charge in [-0.3, -0.25) is 0 Å². The SMILES string of the molecule is CCN1CCN(c2ccc(Nc3ccc4nnnn4n3)cc2C)CC1. The van der Waals surface area contributed by atoms with Crippen molar-refractivity contribution in [2.45, 2.75) is 13.8 Å². The summed E-state index contributed by atoms with van der Waals surface area (Å²) in [7, 11) is 0. The minimum absolute atomic E-state index is 0.628. The normalized spacial score (nSPS) is 15.7. The maximum absolute atomic E-state index is 4.34. The number of hydrogen-bond acceptors (Lipinski definition) is 7. The van der Waals surface area contributed by atoms with E-state index in [2.05, 4.69) is 67.8 Å². The minimum atomic E-state index is 0.628. The Balaban J connectivity index is 1.49. The van der Waals surface area contributed by atoms with Gasteiger partial charge in [-0.1, -0.05) is 6.92 Å². The summed E-state index contributed by atoms with van der Waals surface area (Å²) >= 11 is 0. The monoisotopic (exact) mass is 338 g/mol. The Labute approximate surface area is 146 Å². The topological polar surface area (TPSA) is 74.5 Å². The highest BCUT2D eigenvalue weighted by atomic mass is 15.6. The van der Waals surface area contributed by atoms with Crippen LogP contribution in [0.1, 0.15) is 12.5 Å². The van der Waals surface area contributed by atoms with E-state index in [1.165, 1.54) is 15.9 Å². The zero-order chi connectivity index (χ0) is 17.2. The van der Waals surface area contributed by atoms with Crippen LogP contribution in [0.15, 0.2) is 30.3 Å². The number of nitrogens with zero attached hydrogens (tertiary/aromatic N) is 7. The lowest BCUT2D eigenvalue weighted by molar-refractivity contribution is 0.271. The fraction of sp³-hybridized carbons (Fsp3) is 0.412. The van der Waals surface area contributed by atoms with Gasteiger partial charge < -0.3 is 15.1 Å². The molecule has 0 unspecified atom stereocenters. The molecule has 3 aromatic rings. The van der Waals surface area contributed by atoms with Gasteiger partial charge in [0.25, 0.3) is 0 Å². The average Bonchev–Trinajstić information content (AvgIpc) is 3.10. The molecule has 0 spiro atoms. The molecule has 8 heteroatoms. The summed E-state index contributed by atoms with van der Waals surface area (Å²) in [5.74, 6) is 0.712. The third-order valence-corrected chi connectivity index (χ3v) is 4.70. The molecule has 0 atom stereocenters. The number of piperazine rings is 1. The Bertz CT molecular complexity index is 866. The molecule has 1 aliphatic heterocycles. The number of likely N-dealkylation sites (N-methyl/N-ethyl adjacent to an activating group) is 1. The Morgan fingerprint density at radius 1 is 1.08 bits per heavy atom. The van der Waals surface area contributed by atoms with Gasteiger partial charge in [-0.2, -0.15) is 0 Å². The highest BCUT2D eigenvalue weighted by molar-refractivity contribution is 5.64. The van der Waals surface area contributed by atoms with Gasteiger partial charge in [0, 0.05) is 37.6 Å². The lowest BCUT2D eigenvalue weighted by atomic mass is 10.1. The summed E-state index contributed by atoms with van der Waals surface area (Å²) in [5.41, 5.74) is 4.21. The van der Waals surface area contributed by atoms with Crippen molar-refractivity contribution >= 4 is 22.8 Å². The van der Waals surface area contributed by atoms with Gasteiger partial charge in [0.15, 0.2) is 11.5 Å². The van der Waals surface area contributed by atoms with E-state index in [1.807, 2.05) is 12.1 Å². The van der Waals surface area contributed by atoms with Crippen LogP contribution in [-0.2, 0) is 0 Å². The van der Waals surface area contributed by atoms with E-state index in [0.29, 0.717) is 11.5 Å². The molecule has 8 nitrogen and oxygen atoms in total. The molecule has 1 saturated heterocycles. The molecule has 2 aromatic heterocycles. The summed E-state index contributed by atoms with van der Waals surface area (Å²) in [6.07, 6.45) is 0. The second-order valence-corrected chi connectivity index (χ2v) is 6.29. The number of benzene rings is 1. The fourth-order valence-corrected chi connectivity index (χ4v) is 3.26. The van der Waals surface area contributed by atoms with Crippen molar-refractivity contribution in [1.29, 1.82) is 0 Å². The molecule has 1 aromatic carbocycles. The van der Waals surface area contributed by atoms with E-state index < -0.39 is 0 Å². The Morgan fingerprint density at radius 2 is 1.92 bits per heavy atom. The van der Waals surface area contributed by atoms with Crippen molar-refractivity contribution < 1.29 is 0 Å². The van der Waals surface area contributed by atoms with Crippen molar-refractivity contribution in [1.82, 2.24) is 30.2 Å². The van der Waals surface area contributed by atoms with Gasteiger partial charge in [-0.05, 0) is 59.8 Å². The van der Waals surface area contributed by atoms with E-state index in [1.54, 1.807) is 0 Å². The second kappa shape index (κ2) is 6.64. The first-order valence-electron chi connectivity index (χ1n) is 8.63. The number of hydrogen-bond donors (Lipinski definition) is 1. The van der Waals surface area contributed by atoms with Gasteiger partial charge in [0.2, 0.25) is 0 Å². The standard InChI is InChI=1S/C17H22N8/c1-3-23-8-10-24(11-9-23)15-5-4-14(12-13(15)2)18-16-6-7-17-19-21-22-25(17)20-16/h4-7,12H,3,8-11H2,1-2H3,(H,18,20). The maximum atomic E-state index is 4.34. The molecule has 0 bridgehead atoms. The predicted octanol–water partition coefficient (Wildman–Crippen LogP) is 1.71. The molecule has 25 heavy (non-hydrogen) atoms. The fourth-order valence-electron chi connectivity index (χ4n) is 3.26. The molecule has 1 fully saturated rings. The van der Waals surface area contributed by atoms with Crippen LogP contribution in [0, 0.1) is 6.92 Å². The van der Waals surface area contributed by atoms with E-state index in [-0.39, 0.29) is 0 Å². The number of anilines is 3. The largest absolute Gasteiger partial charge is 0.369 e. The summed E-state index contributed by atoms with van der Waals surface area (Å²) < 4.78 is 1.41. The molecule has 0 amide bonds. The summed E-state index contributed by atoms with van der Waals surface area (Å²) in [4.78, 5) is 4.96. The molecule has 1 aliphatic rings. The smallest absolute Gasteiger partial charge is 0.200 e. The first kappa shape index (κ1) is 15.8. The predicted molar refractivity (Wildman–Crippen MR) is 97.4 cm³/mol. The van der Waals surface area contributed by atoms with Crippen molar-refractivity contribution in [3.05, 3.63) is 35.9 Å². The number of nitrogens with one attached hydrogen (secondary N) is 1. The minimum Gasteiger partial charge on any atom is -0.369 e. The molecular formula is C17H22N8. The number of aryl methyl sites for hydroxylation is 1. The quantitative estimate of drug-likeness (QED) is 0.776. The Hall–Kier alpha value is -2.74. The van der Waals surface area contributed by atoms with Gasteiger partial charge >= 0.3 is 0 Å². The van der Waals surface area contributed by atoms with Gasteiger partial charge in [0.1, 0.15) is 0 Å². The molecular weight excluding hydrogens is 316 g/mol. The highest BCUT2D eigenvalue weighted by Crippen LogP contribution is 2.26. The highest BCUT2D eigenvalue weighted by Gasteiger charge is 2.17. The molecule has 0 saturated carbocycles. The summed E-state index contributed by atoms with van der Waals surface area (Å²) in [6, 6.07) is 10.2. The third-order valence-electron chi connectivity index (χ3n) is 4.70. The van der Waals surface area contributed by atoms with Crippen LogP contribution in [0.4, 0.5) is 17.2 Å². The maximum Gasteiger partial charge on any atom is 0.200 e. The van der Waals surface area contributed by atoms with Gasteiger partial charge in [-0.25, -0.2) is 0 Å². The molecule has 3 heterocycles. The van der Waals surface area contributed by atoms with Crippen LogP contribution in [0.5, 0.6) is 0 Å². The third kappa shape index (κ3) is 3.25. The Kier molecular flexibility index (Phi) is 4.19. The van der Waals surface area contributed by atoms with Crippen LogP contribution in [0.2, 0.25) is 0 Å². The van der Waals surface area contributed by atoms with E-state index >= 15 is 0 Å². The lowest BCUT2D eigenvalue weighted by Crippen LogP contribution is -2.46. The first-order valence-corrected chi connectivity index (χ1v) is 8.63. The molecule has 4 rings (SSSR count). The number of tetrazole rings is 1. The van der Waals surface area contributed by atoms with Crippen LogP contribution < -0.4 is 10.2 Å². The van der Waals surface area contributed by atoms with Crippen molar-refractivity contribution in [2.24, 2.45) is 0 Å². The van der Waals surface area contributed by atoms with Crippen LogP contribution in [-0.4, -0.2) is 62.9 Å². The van der Waals surface area contributed by atoms with E-state index in [0.717, 1.165) is 38.4 Å². The van der Waals surface area contributed by atoms with Crippen LogP contribution in [0.3, 0.4) is 0 Å². The first-order chi connectivity index (χ1) is 12.2.